The van der Waals surface area contributed by atoms with Gasteiger partial charge in [0.1, 0.15) is 0 Å². The Kier molecular flexibility index (Phi) is 15.9. The molecule has 0 aromatic carbocycles. The zero-order chi connectivity index (χ0) is 18.7. The van der Waals surface area contributed by atoms with E-state index in [9.17, 15) is 4.79 Å². The lowest BCUT2D eigenvalue weighted by molar-refractivity contribution is -0.145. The van der Waals surface area contributed by atoms with Crippen molar-refractivity contribution in [3.8, 4) is 0 Å². The summed E-state index contributed by atoms with van der Waals surface area (Å²) in [6, 6.07) is 0. The van der Waals surface area contributed by atoms with E-state index >= 15 is 0 Å². The highest BCUT2D eigenvalue weighted by Gasteiger charge is 2.14. The third kappa shape index (κ3) is 13.5. The number of thiol groups is 1. The van der Waals surface area contributed by atoms with Crippen LogP contribution in [0.1, 0.15) is 96.3 Å². The Morgan fingerprint density at radius 2 is 1.04 bits per heavy atom. The van der Waals surface area contributed by atoms with Crippen LogP contribution >= 0.6 is 12.6 Å². The molecule has 0 saturated carbocycles. The predicted molar refractivity (Wildman–Crippen MR) is 116 cm³/mol. The number of esters is 1. The molecule has 0 fully saturated rings. The van der Waals surface area contributed by atoms with Gasteiger partial charge in [-0.2, -0.15) is 12.6 Å². The van der Waals surface area contributed by atoms with Crippen LogP contribution in [0.3, 0.4) is 0 Å². The second-order valence-electron chi connectivity index (χ2n) is 7.49. The molecule has 3 heteroatoms. The molecule has 0 atom stereocenters. The normalized spacial score (nSPS) is 13.6. The van der Waals surface area contributed by atoms with Crippen molar-refractivity contribution in [3.63, 3.8) is 0 Å². The number of ether oxygens (including phenoxy) is 1. The lowest BCUT2D eigenvalue weighted by Gasteiger charge is -2.07. The number of unbranched alkanes of at least 4 members (excludes halogenated alkanes) is 14. The number of hydrogen-bond acceptors (Lipinski definition) is 3. The maximum Gasteiger partial charge on any atom is 0.316 e. The Hall–Kier alpha value is -0.700. The molecule has 0 spiro atoms. The molecule has 0 radical (unpaired) electrons. The summed E-state index contributed by atoms with van der Waals surface area (Å²) in [6.07, 6.45) is 27.6. The Balaban J connectivity index is 1.70. The zero-order valence-electron chi connectivity index (χ0n) is 16.7. The molecule has 26 heavy (non-hydrogen) atoms. The first-order valence-corrected chi connectivity index (χ1v) is 11.6. The largest absolute Gasteiger partial charge is 0.465 e. The van der Waals surface area contributed by atoms with Gasteiger partial charge in [-0.3, -0.25) is 4.79 Å². The minimum absolute atomic E-state index is 0.104. The second-order valence-corrected chi connectivity index (χ2v) is 7.94. The van der Waals surface area contributed by atoms with Gasteiger partial charge in [0.2, 0.25) is 0 Å². The summed E-state index contributed by atoms with van der Waals surface area (Å²) >= 11 is 4.25. The van der Waals surface area contributed by atoms with Crippen LogP contribution in [0.25, 0.3) is 0 Å². The molecule has 150 valence electrons. The fourth-order valence-corrected chi connectivity index (χ4v) is 3.59. The topological polar surface area (TPSA) is 26.3 Å². The van der Waals surface area contributed by atoms with E-state index in [1.165, 1.54) is 89.9 Å². The summed E-state index contributed by atoms with van der Waals surface area (Å²) in [4.78, 5) is 11.7. The molecule has 0 aromatic heterocycles. The molecular formula is C23H40O2S. The second kappa shape index (κ2) is 17.7. The Morgan fingerprint density at radius 3 is 1.46 bits per heavy atom. The summed E-state index contributed by atoms with van der Waals surface area (Å²) in [7, 11) is 0. The highest BCUT2D eigenvalue weighted by Crippen LogP contribution is 2.14. The van der Waals surface area contributed by atoms with Crippen molar-refractivity contribution in [1.82, 2.24) is 0 Å². The van der Waals surface area contributed by atoms with Gasteiger partial charge >= 0.3 is 5.97 Å². The molecule has 0 unspecified atom stereocenters. The van der Waals surface area contributed by atoms with Crippen LogP contribution in [0.5, 0.6) is 0 Å². The van der Waals surface area contributed by atoms with Crippen molar-refractivity contribution < 1.29 is 9.53 Å². The maximum absolute atomic E-state index is 11.7. The van der Waals surface area contributed by atoms with Gasteiger partial charge in [0, 0.05) is 0 Å². The van der Waals surface area contributed by atoms with E-state index in [4.69, 9.17) is 4.74 Å². The average molecular weight is 381 g/mol. The lowest BCUT2D eigenvalue weighted by Crippen LogP contribution is -2.13. The summed E-state index contributed by atoms with van der Waals surface area (Å²) < 4.78 is 5.30. The molecular weight excluding hydrogens is 340 g/mol. The number of rotatable bonds is 18. The fourth-order valence-electron chi connectivity index (χ4n) is 3.37. The first-order valence-electron chi connectivity index (χ1n) is 11.0. The van der Waals surface area contributed by atoms with Crippen LogP contribution in [0.15, 0.2) is 24.3 Å². The summed E-state index contributed by atoms with van der Waals surface area (Å²) in [5.41, 5.74) is 0. The molecule has 2 nitrogen and oxygen atoms in total. The monoisotopic (exact) mass is 380 g/mol. The van der Waals surface area contributed by atoms with Gasteiger partial charge in [-0.15, -0.1) is 0 Å². The third-order valence-corrected chi connectivity index (χ3v) is 5.38. The first-order chi connectivity index (χ1) is 12.8. The molecule has 0 aliphatic heterocycles. The Morgan fingerprint density at radius 1 is 0.654 bits per heavy atom. The van der Waals surface area contributed by atoms with Crippen LogP contribution in [-0.2, 0) is 9.53 Å². The number of carbonyl (C=O) groups is 1. The molecule has 0 amide bonds. The minimum Gasteiger partial charge on any atom is -0.465 e. The van der Waals surface area contributed by atoms with Gasteiger partial charge in [0.15, 0.2) is 0 Å². The SMILES string of the molecule is O=C(OCCCCCCCCCCCCCCCCCS)C1C=CC=C1. The zero-order valence-corrected chi connectivity index (χ0v) is 17.6. The van der Waals surface area contributed by atoms with Crippen molar-refractivity contribution in [2.24, 2.45) is 5.92 Å². The van der Waals surface area contributed by atoms with Crippen LogP contribution < -0.4 is 0 Å². The van der Waals surface area contributed by atoms with Crippen molar-refractivity contribution in [2.45, 2.75) is 96.3 Å². The van der Waals surface area contributed by atoms with E-state index in [1.54, 1.807) is 0 Å². The highest BCUT2D eigenvalue weighted by atomic mass is 32.1. The molecule has 0 aromatic rings. The third-order valence-electron chi connectivity index (χ3n) is 5.07. The van der Waals surface area contributed by atoms with E-state index < -0.39 is 0 Å². The van der Waals surface area contributed by atoms with E-state index in [0.29, 0.717) is 6.61 Å². The van der Waals surface area contributed by atoms with Crippen molar-refractivity contribution in [3.05, 3.63) is 24.3 Å². The highest BCUT2D eigenvalue weighted by molar-refractivity contribution is 7.80. The van der Waals surface area contributed by atoms with E-state index in [1.807, 2.05) is 24.3 Å². The molecule has 1 rings (SSSR count). The van der Waals surface area contributed by atoms with Gasteiger partial charge in [-0.05, 0) is 18.6 Å². The number of carbonyl (C=O) groups excluding carboxylic acids is 1. The van der Waals surface area contributed by atoms with Crippen LogP contribution in [0.4, 0.5) is 0 Å². The van der Waals surface area contributed by atoms with Crippen LogP contribution in [0.2, 0.25) is 0 Å². The van der Waals surface area contributed by atoms with Gasteiger partial charge in [0.05, 0.1) is 12.5 Å². The van der Waals surface area contributed by atoms with Crippen molar-refractivity contribution in [2.75, 3.05) is 12.4 Å². The van der Waals surface area contributed by atoms with Gasteiger partial charge in [-0.25, -0.2) is 0 Å². The van der Waals surface area contributed by atoms with Gasteiger partial charge in [0.25, 0.3) is 0 Å². The van der Waals surface area contributed by atoms with Crippen LogP contribution in [-0.4, -0.2) is 18.3 Å². The number of allylic oxidation sites excluding steroid dienone is 2. The average Bonchev–Trinajstić information content (AvgIpc) is 3.19. The molecule has 0 N–H and O–H groups in total. The fraction of sp³-hybridized carbons (Fsp3) is 0.783. The molecule has 1 aliphatic carbocycles. The Bertz CT molecular complexity index is 378. The minimum atomic E-state index is -0.145. The van der Waals surface area contributed by atoms with Crippen molar-refractivity contribution >= 4 is 18.6 Å². The molecule has 0 heterocycles. The van der Waals surface area contributed by atoms with E-state index in [2.05, 4.69) is 12.6 Å². The summed E-state index contributed by atoms with van der Waals surface area (Å²) in [5, 5.41) is 0. The maximum atomic E-state index is 11.7. The molecule has 1 aliphatic rings. The number of hydrogen-bond donors (Lipinski definition) is 1. The van der Waals surface area contributed by atoms with Gasteiger partial charge in [-0.1, -0.05) is 108 Å². The van der Waals surface area contributed by atoms with E-state index in [0.717, 1.165) is 12.2 Å². The molecule has 0 saturated heterocycles. The van der Waals surface area contributed by atoms with Gasteiger partial charge < -0.3 is 4.74 Å². The summed E-state index contributed by atoms with van der Waals surface area (Å²) in [6.45, 7) is 0.575. The summed E-state index contributed by atoms with van der Waals surface area (Å²) in [5.74, 6) is 0.796. The smallest absolute Gasteiger partial charge is 0.316 e. The van der Waals surface area contributed by atoms with Crippen molar-refractivity contribution in [1.29, 1.82) is 0 Å². The quantitative estimate of drug-likeness (QED) is 0.157. The first kappa shape index (κ1) is 23.3. The standard InChI is InChI=1S/C23H40O2S/c24-23(22-18-14-15-19-22)25-20-16-12-10-8-6-4-2-1-3-5-7-9-11-13-17-21-26/h14-15,18-19,22,26H,1-13,16-17,20-21H2. The van der Waals surface area contributed by atoms with Crippen LogP contribution in [0, 0.1) is 5.92 Å². The lowest BCUT2D eigenvalue weighted by atomic mass is 10.0. The van der Waals surface area contributed by atoms with E-state index in [-0.39, 0.29) is 11.9 Å². The molecule has 0 bridgehead atoms. The predicted octanol–water partition coefficient (Wildman–Crippen LogP) is 7.05. The Labute approximate surface area is 167 Å².